The molecular formula is C20H26ClN2O+. The molecule has 0 fully saturated rings. The van der Waals surface area contributed by atoms with Crippen LogP contribution in [0.25, 0.3) is 0 Å². The lowest BCUT2D eigenvalue weighted by Crippen LogP contribution is -2.87. The molecule has 0 unspecified atom stereocenters. The van der Waals surface area contributed by atoms with E-state index in [4.69, 9.17) is 11.6 Å². The number of carbonyl (C=O) groups is 1. The fourth-order valence-electron chi connectivity index (χ4n) is 2.66. The molecule has 2 aromatic carbocycles. The summed E-state index contributed by atoms with van der Waals surface area (Å²) in [6.45, 7) is 6.65. The smallest absolute Gasteiger partial charge is 0.275 e. The number of benzene rings is 2. The Morgan fingerprint density at radius 2 is 1.67 bits per heavy atom. The summed E-state index contributed by atoms with van der Waals surface area (Å²) in [4.78, 5) is 12.3. The molecule has 3 N–H and O–H groups in total. The van der Waals surface area contributed by atoms with Gasteiger partial charge in [0.05, 0.1) is 6.04 Å². The van der Waals surface area contributed by atoms with E-state index in [-0.39, 0.29) is 18.0 Å². The zero-order valence-corrected chi connectivity index (χ0v) is 15.3. The fraction of sp³-hybridized carbons (Fsp3) is 0.350. The van der Waals surface area contributed by atoms with Crippen molar-refractivity contribution in [1.29, 1.82) is 0 Å². The third-order valence-corrected chi connectivity index (χ3v) is 4.53. The van der Waals surface area contributed by atoms with Crippen molar-refractivity contribution in [3.05, 3.63) is 70.2 Å². The van der Waals surface area contributed by atoms with Crippen molar-refractivity contribution in [2.24, 2.45) is 0 Å². The van der Waals surface area contributed by atoms with Gasteiger partial charge in [0.25, 0.3) is 5.91 Å². The number of nitrogens with one attached hydrogen (secondary N) is 1. The largest absolute Gasteiger partial charge is 0.344 e. The van der Waals surface area contributed by atoms with Crippen molar-refractivity contribution in [1.82, 2.24) is 5.32 Å². The van der Waals surface area contributed by atoms with E-state index < -0.39 is 0 Å². The number of carbonyl (C=O) groups excluding carboxylic acids is 1. The van der Waals surface area contributed by atoms with Crippen molar-refractivity contribution in [3.63, 3.8) is 0 Å². The Kier molecular flexibility index (Phi) is 6.83. The summed E-state index contributed by atoms with van der Waals surface area (Å²) in [7, 11) is 0. The van der Waals surface area contributed by atoms with Gasteiger partial charge in [-0.05, 0) is 38.0 Å². The quantitative estimate of drug-likeness (QED) is 0.792. The van der Waals surface area contributed by atoms with Gasteiger partial charge in [-0.25, -0.2) is 0 Å². The number of amides is 1. The maximum absolute atomic E-state index is 12.3. The first kappa shape index (κ1) is 18.5. The Hall–Kier alpha value is -1.84. The van der Waals surface area contributed by atoms with Crippen molar-refractivity contribution in [2.75, 3.05) is 6.54 Å². The molecule has 0 aliphatic rings. The minimum absolute atomic E-state index is 0.0586. The second-order valence-corrected chi connectivity index (χ2v) is 6.66. The maximum Gasteiger partial charge on any atom is 0.275 e. The standard InChI is InChI=1S/C20H25ClN2O/c1-4-19(17-7-5-14(2)6-8-17)23-20(24)13-22-15(3)16-9-11-18(21)12-10-16/h5-12,15,19,22H,4,13H2,1-3H3,(H,23,24)/p+1/t15-,19+/m1/s1. The fourth-order valence-corrected chi connectivity index (χ4v) is 2.79. The first-order valence-corrected chi connectivity index (χ1v) is 8.82. The maximum atomic E-state index is 12.3. The van der Waals surface area contributed by atoms with Gasteiger partial charge in [-0.1, -0.05) is 60.5 Å². The zero-order chi connectivity index (χ0) is 17.5. The summed E-state index contributed by atoms with van der Waals surface area (Å²) in [5.74, 6) is 0.0586. The van der Waals surface area contributed by atoms with Gasteiger partial charge in [0.1, 0.15) is 6.04 Å². The first-order chi connectivity index (χ1) is 11.5. The molecule has 2 aromatic rings. The van der Waals surface area contributed by atoms with E-state index in [2.05, 4.69) is 50.4 Å². The number of rotatable bonds is 7. The molecule has 0 bridgehead atoms. The van der Waals surface area contributed by atoms with Crippen LogP contribution in [0, 0.1) is 6.92 Å². The lowest BCUT2D eigenvalue weighted by Gasteiger charge is -2.18. The second-order valence-electron chi connectivity index (χ2n) is 6.22. The van der Waals surface area contributed by atoms with E-state index >= 15 is 0 Å². The predicted molar refractivity (Wildman–Crippen MR) is 99.0 cm³/mol. The van der Waals surface area contributed by atoms with Crippen LogP contribution in [0.2, 0.25) is 5.02 Å². The van der Waals surface area contributed by atoms with Crippen molar-refractivity contribution in [2.45, 2.75) is 39.3 Å². The highest BCUT2D eigenvalue weighted by Crippen LogP contribution is 2.17. The number of hydrogen-bond acceptors (Lipinski definition) is 1. The Morgan fingerprint density at radius 3 is 2.25 bits per heavy atom. The van der Waals surface area contributed by atoms with Crippen LogP contribution >= 0.6 is 11.6 Å². The SMILES string of the molecule is CC[C@H](NC(=O)C[NH2+][C@H](C)c1ccc(Cl)cc1)c1ccc(C)cc1. The van der Waals surface area contributed by atoms with E-state index in [1.807, 2.05) is 29.6 Å². The van der Waals surface area contributed by atoms with Gasteiger partial charge in [0.15, 0.2) is 6.54 Å². The molecule has 0 aliphatic heterocycles. The molecule has 0 aromatic heterocycles. The third kappa shape index (κ3) is 5.36. The lowest BCUT2D eigenvalue weighted by molar-refractivity contribution is -0.682. The topological polar surface area (TPSA) is 45.7 Å². The molecule has 2 rings (SSSR count). The number of nitrogens with two attached hydrogens (primary N) is 1. The van der Waals surface area contributed by atoms with Crippen molar-refractivity contribution < 1.29 is 10.1 Å². The third-order valence-electron chi connectivity index (χ3n) is 4.28. The molecule has 0 spiro atoms. The second kappa shape index (κ2) is 8.86. The highest BCUT2D eigenvalue weighted by atomic mass is 35.5. The molecule has 1 amide bonds. The van der Waals surface area contributed by atoms with E-state index in [1.54, 1.807) is 0 Å². The normalized spacial score (nSPS) is 13.3. The molecule has 24 heavy (non-hydrogen) atoms. The van der Waals surface area contributed by atoms with Crippen LogP contribution in [0.3, 0.4) is 0 Å². The molecule has 4 heteroatoms. The van der Waals surface area contributed by atoms with Crippen LogP contribution in [0.4, 0.5) is 0 Å². The summed E-state index contributed by atoms with van der Waals surface area (Å²) < 4.78 is 0. The number of aryl methyl sites for hydroxylation is 1. The predicted octanol–water partition coefficient (Wildman–Crippen LogP) is 3.54. The van der Waals surface area contributed by atoms with Crippen LogP contribution < -0.4 is 10.6 Å². The van der Waals surface area contributed by atoms with E-state index in [0.717, 1.165) is 22.6 Å². The van der Waals surface area contributed by atoms with Crippen LogP contribution in [0.1, 0.15) is 49.0 Å². The number of quaternary nitrogens is 1. The summed E-state index contributed by atoms with van der Waals surface area (Å²) >= 11 is 5.91. The highest BCUT2D eigenvalue weighted by Gasteiger charge is 2.15. The summed E-state index contributed by atoms with van der Waals surface area (Å²) in [6, 6.07) is 16.4. The number of halogens is 1. The van der Waals surface area contributed by atoms with Gasteiger partial charge in [-0.3, -0.25) is 4.79 Å². The molecule has 0 aliphatic carbocycles. The molecule has 0 heterocycles. The van der Waals surface area contributed by atoms with Crippen LogP contribution in [-0.2, 0) is 4.79 Å². The molecule has 128 valence electrons. The highest BCUT2D eigenvalue weighted by molar-refractivity contribution is 6.30. The molecule has 0 radical (unpaired) electrons. The van der Waals surface area contributed by atoms with Gasteiger partial charge in [-0.2, -0.15) is 0 Å². The van der Waals surface area contributed by atoms with E-state index in [9.17, 15) is 4.79 Å². The zero-order valence-electron chi connectivity index (χ0n) is 14.6. The van der Waals surface area contributed by atoms with E-state index in [1.165, 1.54) is 5.56 Å². The minimum Gasteiger partial charge on any atom is -0.344 e. The average molecular weight is 346 g/mol. The molecule has 0 saturated heterocycles. The molecule has 3 nitrogen and oxygen atoms in total. The van der Waals surface area contributed by atoms with E-state index in [0.29, 0.717) is 6.54 Å². The summed E-state index contributed by atoms with van der Waals surface area (Å²) in [6.07, 6.45) is 0.877. The molecular weight excluding hydrogens is 320 g/mol. The Bertz CT molecular complexity index is 652. The Morgan fingerprint density at radius 1 is 1.08 bits per heavy atom. The van der Waals surface area contributed by atoms with Gasteiger partial charge < -0.3 is 10.6 Å². The molecule has 0 saturated carbocycles. The van der Waals surface area contributed by atoms with Gasteiger partial charge in [-0.15, -0.1) is 0 Å². The van der Waals surface area contributed by atoms with Gasteiger partial charge >= 0.3 is 0 Å². The van der Waals surface area contributed by atoms with Crippen molar-refractivity contribution >= 4 is 17.5 Å². The number of hydrogen-bond donors (Lipinski definition) is 2. The monoisotopic (exact) mass is 345 g/mol. The first-order valence-electron chi connectivity index (χ1n) is 8.44. The summed E-state index contributed by atoms with van der Waals surface area (Å²) in [5.41, 5.74) is 3.55. The van der Waals surface area contributed by atoms with Crippen molar-refractivity contribution in [3.8, 4) is 0 Å². The average Bonchev–Trinajstić information content (AvgIpc) is 2.59. The van der Waals surface area contributed by atoms with Gasteiger partial charge in [0.2, 0.25) is 0 Å². The van der Waals surface area contributed by atoms with Crippen LogP contribution in [0.15, 0.2) is 48.5 Å². The minimum atomic E-state index is 0.0586. The van der Waals surface area contributed by atoms with Crippen LogP contribution in [0.5, 0.6) is 0 Å². The lowest BCUT2D eigenvalue weighted by atomic mass is 10.0. The Labute approximate surface area is 149 Å². The summed E-state index contributed by atoms with van der Waals surface area (Å²) in [5, 5.41) is 5.90. The van der Waals surface area contributed by atoms with Gasteiger partial charge in [0, 0.05) is 10.6 Å². The Balaban J connectivity index is 1.87. The molecule has 2 atom stereocenters. The van der Waals surface area contributed by atoms with Crippen LogP contribution in [-0.4, -0.2) is 12.5 Å².